The highest BCUT2D eigenvalue weighted by Gasteiger charge is 2.30. The molecular formula is C18H31N3. The fraction of sp³-hybridized carbons (Fsp3) is 0.667. The molecular weight excluding hydrogens is 258 g/mol. The second kappa shape index (κ2) is 7.39. The number of nitrogens with one attached hydrogen (secondary N) is 1. The van der Waals surface area contributed by atoms with Gasteiger partial charge >= 0.3 is 0 Å². The summed E-state index contributed by atoms with van der Waals surface area (Å²) in [5.41, 5.74) is 1.39. The summed E-state index contributed by atoms with van der Waals surface area (Å²) in [5, 5.41) is 3.94. The zero-order valence-electron chi connectivity index (χ0n) is 14.2. The molecule has 0 bridgehead atoms. The van der Waals surface area contributed by atoms with Crippen molar-refractivity contribution >= 4 is 0 Å². The number of nitrogens with zero attached hydrogens (tertiary/aromatic N) is 2. The minimum Gasteiger partial charge on any atom is -0.308 e. The molecule has 4 unspecified atom stereocenters. The van der Waals surface area contributed by atoms with Crippen molar-refractivity contribution < 1.29 is 0 Å². The van der Waals surface area contributed by atoms with E-state index in [1.807, 2.05) is 0 Å². The molecule has 0 aliphatic carbocycles. The summed E-state index contributed by atoms with van der Waals surface area (Å²) in [6.07, 6.45) is 1.23. The van der Waals surface area contributed by atoms with Gasteiger partial charge in [-0.2, -0.15) is 0 Å². The Kier molecular flexibility index (Phi) is 5.80. The molecule has 0 saturated carbocycles. The molecule has 1 aromatic rings. The van der Waals surface area contributed by atoms with Gasteiger partial charge in [-0.25, -0.2) is 0 Å². The van der Waals surface area contributed by atoms with Crippen LogP contribution in [0.2, 0.25) is 0 Å². The van der Waals surface area contributed by atoms with E-state index in [1.54, 1.807) is 0 Å². The van der Waals surface area contributed by atoms with E-state index in [-0.39, 0.29) is 0 Å². The first kappa shape index (κ1) is 16.5. The average Bonchev–Trinajstić information content (AvgIpc) is 2.44. The third kappa shape index (κ3) is 4.53. The minimum atomic E-state index is 0.407. The summed E-state index contributed by atoms with van der Waals surface area (Å²) in [6, 6.07) is 12.5. The van der Waals surface area contributed by atoms with Gasteiger partial charge in [-0.15, -0.1) is 0 Å². The highest BCUT2D eigenvalue weighted by molar-refractivity contribution is 5.19. The monoisotopic (exact) mass is 289 g/mol. The number of likely N-dealkylation sites (N-methyl/N-ethyl adjacent to an activating group) is 1. The van der Waals surface area contributed by atoms with Gasteiger partial charge in [0, 0.05) is 31.2 Å². The Morgan fingerprint density at radius 3 is 2.52 bits per heavy atom. The maximum Gasteiger partial charge on any atom is 0.0451 e. The zero-order chi connectivity index (χ0) is 15.4. The Balaban J connectivity index is 2.08. The van der Waals surface area contributed by atoms with Gasteiger partial charge in [0.05, 0.1) is 0 Å². The molecule has 1 heterocycles. The van der Waals surface area contributed by atoms with Crippen molar-refractivity contribution in [3.8, 4) is 0 Å². The zero-order valence-corrected chi connectivity index (χ0v) is 14.2. The second-order valence-electron chi connectivity index (χ2n) is 7.00. The summed E-state index contributed by atoms with van der Waals surface area (Å²) in [5.74, 6) is 0.694. The molecule has 3 nitrogen and oxygen atoms in total. The smallest absolute Gasteiger partial charge is 0.0451 e. The van der Waals surface area contributed by atoms with Crippen LogP contribution >= 0.6 is 0 Å². The average molecular weight is 289 g/mol. The van der Waals surface area contributed by atoms with Crippen molar-refractivity contribution in [3.05, 3.63) is 35.9 Å². The van der Waals surface area contributed by atoms with Crippen LogP contribution in [0.1, 0.15) is 31.9 Å². The van der Waals surface area contributed by atoms with E-state index in [0.717, 1.165) is 6.54 Å². The molecule has 2 rings (SSSR count). The standard InChI is InChI=1S/C18H31N3/c1-14-12-21(5)15(2)11-17(14)19-18(13-20(3)4)16-9-7-6-8-10-16/h6-10,14-15,17-19H,11-13H2,1-5H3. The van der Waals surface area contributed by atoms with E-state index in [2.05, 4.69) is 80.4 Å². The fourth-order valence-electron chi connectivity index (χ4n) is 3.34. The van der Waals surface area contributed by atoms with Gasteiger partial charge in [0.1, 0.15) is 0 Å². The van der Waals surface area contributed by atoms with Gasteiger partial charge < -0.3 is 15.1 Å². The summed E-state index contributed by atoms with van der Waals surface area (Å²) in [4.78, 5) is 4.75. The van der Waals surface area contributed by atoms with Crippen molar-refractivity contribution in [1.82, 2.24) is 15.1 Å². The van der Waals surface area contributed by atoms with Crippen molar-refractivity contribution in [2.75, 3.05) is 34.2 Å². The van der Waals surface area contributed by atoms with Crippen LogP contribution in [0.3, 0.4) is 0 Å². The lowest BCUT2D eigenvalue weighted by atomic mass is 9.88. The summed E-state index contributed by atoms with van der Waals surface area (Å²) >= 11 is 0. The van der Waals surface area contributed by atoms with E-state index in [0.29, 0.717) is 24.0 Å². The maximum atomic E-state index is 3.94. The lowest BCUT2D eigenvalue weighted by Gasteiger charge is -2.42. The Labute approximate surface area is 130 Å². The van der Waals surface area contributed by atoms with E-state index in [4.69, 9.17) is 0 Å². The van der Waals surface area contributed by atoms with Gasteiger partial charge in [-0.3, -0.25) is 0 Å². The van der Waals surface area contributed by atoms with Crippen LogP contribution in [-0.4, -0.2) is 56.1 Å². The summed E-state index contributed by atoms with van der Waals surface area (Å²) < 4.78 is 0. The third-order valence-corrected chi connectivity index (χ3v) is 4.78. The second-order valence-corrected chi connectivity index (χ2v) is 7.00. The number of likely N-dealkylation sites (tertiary alicyclic amines) is 1. The molecule has 21 heavy (non-hydrogen) atoms. The summed E-state index contributed by atoms with van der Waals surface area (Å²) in [6.45, 7) is 6.93. The Morgan fingerprint density at radius 1 is 1.24 bits per heavy atom. The normalized spacial score (nSPS) is 28.8. The predicted octanol–water partition coefficient (Wildman–Crippen LogP) is 2.61. The van der Waals surface area contributed by atoms with Crippen LogP contribution in [0.15, 0.2) is 30.3 Å². The molecule has 1 aliphatic heterocycles. The number of hydrogen-bond donors (Lipinski definition) is 1. The van der Waals surface area contributed by atoms with Gasteiger partial charge in [-0.1, -0.05) is 37.3 Å². The van der Waals surface area contributed by atoms with Gasteiger partial charge in [-0.05, 0) is 46.0 Å². The maximum absolute atomic E-state index is 3.94. The number of benzene rings is 1. The van der Waals surface area contributed by atoms with Crippen LogP contribution in [-0.2, 0) is 0 Å². The fourth-order valence-corrected chi connectivity index (χ4v) is 3.34. The van der Waals surface area contributed by atoms with Crippen LogP contribution in [0, 0.1) is 5.92 Å². The molecule has 4 atom stereocenters. The highest BCUT2D eigenvalue weighted by Crippen LogP contribution is 2.24. The van der Waals surface area contributed by atoms with Gasteiger partial charge in [0.25, 0.3) is 0 Å². The van der Waals surface area contributed by atoms with Crippen molar-refractivity contribution in [2.45, 2.75) is 38.4 Å². The van der Waals surface area contributed by atoms with Crippen LogP contribution in [0.4, 0.5) is 0 Å². The molecule has 0 amide bonds. The number of hydrogen-bond acceptors (Lipinski definition) is 3. The molecule has 1 N–H and O–H groups in total. The highest BCUT2D eigenvalue weighted by atomic mass is 15.2. The predicted molar refractivity (Wildman–Crippen MR) is 90.5 cm³/mol. The Morgan fingerprint density at radius 2 is 1.90 bits per heavy atom. The van der Waals surface area contributed by atoms with E-state index in [1.165, 1.54) is 18.5 Å². The molecule has 1 saturated heterocycles. The SMILES string of the molecule is CC1CN(C)C(C)CC1NC(CN(C)C)c1ccccc1. The van der Waals surface area contributed by atoms with E-state index < -0.39 is 0 Å². The third-order valence-electron chi connectivity index (χ3n) is 4.78. The summed E-state index contributed by atoms with van der Waals surface area (Å²) in [7, 11) is 6.54. The van der Waals surface area contributed by atoms with Crippen molar-refractivity contribution in [1.29, 1.82) is 0 Å². The molecule has 1 aromatic carbocycles. The quantitative estimate of drug-likeness (QED) is 0.899. The van der Waals surface area contributed by atoms with Crippen LogP contribution in [0.5, 0.6) is 0 Å². The van der Waals surface area contributed by atoms with E-state index in [9.17, 15) is 0 Å². The largest absolute Gasteiger partial charge is 0.308 e. The lowest BCUT2D eigenvalue weighted by Crippen LogP contribution is -2.52. The van der Waals surface area contributed by atoms with Crippen molar-refractivity contribution in [2.24, 2.45) is 5.92 Å². The topological polar surface area (TPSA) is 18.5 Å². The molecule has 1 fully saturated rings. The van der Waals surface area contributed by atoms with Crippen LogP contribution < -0.4 is 5.32 Å². The molecule has 1 aliphatic rings. The minimum absolute atomic E-state index is 0.407. The Hall–Kier alpha value is -0.900. The van der Waals surface area contributed by atoms with Gasteiger partial charge in [0.2, 0.25) is 0 Å². The molecule has 3 heteroatoms. The van der Waals surface area contributed by atoms with E-state index >= 15 is 0 Å². The first-order valence-electron chi connectivity index (χ1n) is 8.13. The first-order valence-corrected chi connectivity index (χ1v) is 8.13. The lowest BCUT2D eigenvalue weighted by molar-refractivity contribution is 0.112. The molecule has 0 spiro atoms. The molecule has 0 radical (unpaired) electrons. The number of piperidine rings is 1. The Bertz CT molecular complexity index is 418. The first-order chi connectivity index (χ1) is 9.97. The van der Waals surface area contributed by atoms with Crippen LogP contribution in [0.25, 0.3) is 0 Å². The number of rotatable bonds is 5. The van der Waals surface area contributed by atoms with Crippen molar-refractivity contribution in [3.63, 3.8) is 0 Å². The molecule has 118 valence electrons. The molecule has 0 aromatic heterocycles. The van der Waals surface area contributed by atoms with Gasteiger partial charge in [0.15, 0.2) is 0 Å².